The zero-order chi connectivity index (χ0) is 29.8. The maximum Gasteiger partial charge on any atom is 0.319 e. The van der Waals surface area contributed by atoms with Gasteiger partial charge in [-0.2, -0.15) is 15.2 Å². The van der Waals surface area contributed by atoms with Crippen LogP contribution < -0.4 is 15.8 Å². The number of nitrogens with two attached hydrogens (primary N) is 1. The van der Waals surface area contributed by atoms with Crippen LogP contribution in [0.5, 0.6) is 6.01 Å². The number of ether oxygens (including phenoxy) is 1. The minimum atomic E-state index is -1.20. The van der Waals surface area contributed by atoms with E-state index < -0.39 is 17.5 Å². The molecule has 0 unspecified atom stereocenters. The first-order chi connectivity index (χ1) is 20.1. The van der Waals surface area contributed by atoms with E-state index in [1.165, 1.54) is 6.20 Å². The summed E-state index contributed by atoms with van der Waals surface area (Å²) >= 11 is 0.731. The fourth-order valence-corrected chi connectivity index (χ4v) is 6.90. The highest BCUT2D eigenvalue weighted by atomic mass is 32.1. The Balaban J connectivity index is 1.48. The topological polar surface area (TPSA) is 116 Å². The number of hydrogen-bond donors (Lipinski definition) is 2. The molecule has 6 rings (SSSR count). The molecule has 220 valence electrons. The van der Waals surface area contributed by atoms with Crippen molar-refractivity contribution in [2.24, 2.45) is 0 Å². The van der Waals surface area contributed by atoms with Gasteiger partial charge in [0.05, 0.1) is 15.6 Å². The third-order valence-corrected chi connectivity index (χ3v) is 9.82. The minimum Gasteiger partial charge on any atom is -0.462 e. The van der Waals surface area contributed by atoms with Crippen LogP contribution in [-0.2, 0) is 0 Å². The van der Waals surface area contributed by atoms with Crippen molar-refractivity contribution in [3.05, 3.63) is 35.3 Å². The van der Waals surface area contributed by atoms with Crippen molar-refractivity contribution < 1.29 is 17.9 Å². The van der Waals surface area contributed by atoms with Crippen LogP contribution in [-0.4, -0.2) is 77.2 Å². The quantitative estimate of drug-likeness (QED) is 0.285. The highest BCUT2D eigenvalue weighted by molar-refractivity contribution is 7.23. The number of nitriles is 1. The number of nitrogens with zero attached hydrogens (tertiary/aromatic N) is 6. The maximum atomic E-state index is 16.4. The number of rotatable bonds is 8. The van der Waals surface area contributed by atoms with Gasteiger partial charge in [0, 0.05) is 35.3 Å². The number of pyridine rings is 1. The summed E-state index contributed by atoms with van der Waals surface area (Å²) in [4.78, 5) is 17.7. The molecule has 4 aromatic rings. The molecule has 1 saturated heterocycles. The van der Waals surface area contributed by atoms with E-state index in [2.05, 4.69) is 30.1 Å². The van der Waals surface area contributed by atoms with E-state index in [4.69, 9.17) is 10.5 Å². The Labute approximate surface area is 245 Å². The summed E-state index contributed by atoms with van der Waals surface area (Å²) in [6.45, 7) is 1.88. The average molecular weight is 597 g/mol. The number of hydrogen-bond acceptors (Lipinski definition) is 10. The first-order valence-corrected chi connectivity index (χ1v) is 14.7. The van der Waals surface area contributed by atoms with Crippen molar-refractivity contribution in [1.82, 2.24) is 24.8 Å². The second kappa shape index (κ2) is 10.8. The molecule has 0 bridgehead atoms. The molecule has 1 saturated carbocycles. The van der Waals surface area contributed by atoms with E-state index in [1.54, 1.807) is 0 Å². The lowest BCUT2D eigenvalue weighted by molar-refractivity contribution is 0.0738. The largest absolute Gasteiger partial charge is 0.462 e. The molecule has 0 radical (unpaired) electrons. The molecule has 9 nitrogen and oxygen atoms in total. The fourth-order valence-electron chi connectivity index (χ4n) is 5.93. The molecule has 1 aromatic carbocycles. The van der Waals surface area contributed by atoms with Gasteiger partial charge in [-0.25, -0.2) is 13.2 Å². The predicted molar refractivity (Wildman–Crippen MR) is 157 cm³/mol. The van der Waals surface area contributed by atoms with E-state index in [9.17, 15) is 14.0 Å². The van der Waals surface area contributed by atoms with E-state index in [1.807, 2.05) is 27.2 Å². The van der Waals surface area contributed by atoms with Crippen LogP contribution in [0.3, 0.4) is 0 Å². The Hall–Kier alpha value is -3.73. The third-order valence-electron chi connectivity index (χ3n) is 8.81. The second-order valence-electron chi connectivity index (χ2n) is 11.3. The summed E-state index contributed by atoms with van der Waals surface area (Å²) in [6.07, 6.45) is 6.59. The number of likely N-dealkylation sites (tertiary alicyclic amines) is 1. The lowest BCUT2D eigenvalue weighted by Gasteiger charge is -2.47. The summed E-state index contributed by atoms with van der Waals surface area (Å²) in [6, 6.07) is 2.96. The third kappa shape index (κ3) is 4.67. The summed E-state index contributed by atoms with van der Waals surface area (Å²) in [7, 11) is 6.10. The smallest absolute Gasteiger partial charge is 0.319 e. The summed E-state index contributed by atoms with van der Waals surface area (Å²) in [5.74, 6) is -2.85. The fraction of sp³-hybridized carbons (Fsp3) is 0.448. The van der Waals surface area contributed by atoms with Crippen LogP contribution in [0, 0.1) is 28.8 Å². The molecular weight excluding hydrogens is 565 g/mol. The molecular formula is C29H31F3N8OS. The van der Waals surface area contributed by atoms with Gasteiger partial charge in [0.25, 0.3) is 0 Å². The SMILES string of the molecule is CN1CCC[C@H]1COc1nc(NCC2(N(C)C)CCC2)c2cnc(-c3cc(F)c(F)c4sc(N)c(C#N)c34)c(F)c2n1. The lowest BCUT2D eigenvalue weighted by atomic mass is 9.75. The number of anilines is 2. The van der Waals surface area contributed by atoms with E-state index >= 15 is 4.39 Å². The van der Waals surface area contributed by atoms with Crippen LogP contribution in [0.4, 0.5) is 24.0 Å². The Kier molecular flexibility index (Phi) is 7.32. The molecule has 1 aliphatic carbocycles. The van der Waals surface area contributed by atoms with Crippen molar-refractivity contribution in [2.75, 3.05) is 51.9 Å². The molecule has 1 aliphatic heterocycles. The molecule has 0 spiro atoms. The zero-order valence-corrected chi connectivity index (χ0v) is 24.4. The molecule has 0 amide bonds. The van der Waals surface area contributed by atoms with Crippen molar-refractivity contribution in [3.63, 3.8) is 0 Å². The maximum absolute atomic E-state index is 16.4. The molecule has 42 heavy (non-hydrogen) atoms. The van der Waals surface area contributed by atoms with Crippen molar-refractivity contribution in [1.29, 1.82) is 5.26 Å². The number of benzene rings is 1. The van der Waals surface area contributed by atoms with E-state index in [0.29, 0.717) is 24.4 Å². The number of nitrogens with one attached hydrogen (secondary N) is 1. The van der Waals surface area contributed by atoms with Crippen molar-refractivity contribution in [3.8, 4) is 23.3 Å². The van der Waals surface area contributed by atoms with Gasteiger partial charge in [0.1, 0.15) is 34.7 Å². The van der Waals surface area contributed by atoms with Crippen LogP contribution in [0.1, 0.15) is 37.7 Å². The Bertz CT molecular complexity index is 1730. The molecule has 1 atom stereocenters. The highest BCUT2D eigenvalue weighted by Gasteiger charge is 2.39. The highest BCUT2D eigenvalue weighted by Crippen LogP contribution is 2.43. The minimum absolute atomic E-state index is 0.00166. The van der Waals surface area contributed by atoms with Crippen LogP contribution >= 0.6 is 11.3 Å². The van der Waals surface area contributed by atoms with Gasteiger partial charge >= 0.3 is 6.01 Å². The van der Waals surface area contributed by atoms with Gasteiger partial charge in [-0.1, -0.05) is 0 Å². The first kappa shape index (κ1) is 28.4. The number of thiophene rings is 1. The van der Waals surface area contributed by atoms with Crippen LogP contribution in [0.2, 0.25) is 0 Å². The molecule has 2 fully saturated rings. The van der Waals surface area contributed by atoms with Gasteiger partial charge in [0.2, 0.25) is 0 Å². The van der Waals surface area contributed by atoms with Gasteiger partial charge in [-0.05, 0) is 65.9 Å². The van der Waals surface area contributed by atoms with Gasteiger partial charge in [0.15, 0.2) is 17.5 Å². The standard InChI is InChI=1S/C29H31F3N8OS/c1-39(2)29(7-5-8-29)14-36-27-18-12-35-23(16-10-19(30)21(31)25-20(16)17(11-33)26(34)42-25)22(32)24(18)37-28(38-27)41-13-15-6-4-9-40(15)3/h10,12,15H,4-9,13-14,34H2,1-3H3,(H,36,37,38)/t15-/m0/s1. The first-order valence-electron chi connectivity index (χ1n) is 13.8. The predicted octanol–water partition coefficient (Wildman–Crippen LogP) is 5.15. The average Bonchev–Trinajstić information content (AvgIpc) is 3.51. The monoisotopic (exact) mass is 596 g/mol. The Morgan fingerprint density at radius 1 is 1.24 bits per heavy atom. The number of likely N-dealkylation sites (N-methyl/N-ethyl adjacent to an activating group) is 2. The summed E-state index contributed by atoms with van der Waals surface area (Å²) < 4.78 is 51.7. The summed E-state index contributed by atoms with van der Waals surface area (Å²) in [5.41, 5.74) is 5.37. The second-order valence-corrected chi connectivity index (χ2v) is 12.4. The zero-order valence-electron chi connectivity index (χ0n) is 23.6. The number of halogens is 3. The van der Waals surface area contributed by atoms with Gasteiger partial charge < -0.3 is 25.6 Å². The summed E-state index contributed by atoms with van der Waals surface area (Å²) in [5, 5.41) is 13.4. The van der Waals surface area contributed by atoms with Crippen LogP contribution in [0.25, 0.3) is 32.2 Å². The number of fused-ring (bicyclic) bond motifs is 2. The molecule has 4 heterocycles. The van der Waals surface area contributed by atoms with Crippen molar-refractivity contribution >= 4 is 43.1 Å². The molecule has 3 aromatic heterocycles. The molecule has 13 heteroatoms. The van der Waals surface area contributed by atoms with E-state index in [0.717, 1.165) is 56.1 Å². The Morgan fingerprint density at radius 3 is 2.67 bits per heavy atom. The lowest BCUT2D eigenvalue weighted by Crippen LogP contribution is -2.54. The van der Waals surface area contributed by atoms with E-state index in [-0.39, 0.29) is 55.0 Å². The Morgan fingerprint density at radius 2 is 2.02 bits per heavy atom. The van der Waals surface area contributed by atoms with Gasteiger partial charge in [-0.3, -0.25) is 4.98 Å². The van der Waals surface area contributed by atoms with Crippen molar-refractivity contribution in [2.45, 2.75) is 43.7 Å². The molecule has 3 N–H and O–H groups in total. The molecule has 2 aliphatic rings. The number of aromatic nitrogens is 3. The normalized spacial score (nSPS) is 18.5. The van der Waals surface area contributed by atoms with Gasteiger partial charge in [-0.15, -0.1) is 11.3 Å². The number of nitrogen functional groups attached to an aromatic ring is 1. The van der Waals surface area contributed by atoms with Crippen LogP contribution in [0.15, 0.2) is 12.3 Å².